The quantitative estimate of drug-likeness (QED) is 0.590. The molecular weight excluding hydrogens is 368 g/mol. The van der Waals surface area contributed by atoms with E-state index < -0.39 is 29.8 Å². The average Bonchev–Trinajstić information content (AvgIpc) is 2.71. The van der Waals surface area contributed by atoms with Crippen LogP contribution in [0.4, 0.5) is 0 Å². The maximum absolute atomic E-state index is 12.3. The van der Waals surface area contributed by atoms with E-state index in [2.05, 4.69) is 9.47 Å². The van der Waals surface area contributed by atoms with Crippen LogP contribution in [0.15, 0.2) is 48.5 Å². The number of esters is 2. The maximum Gasteiger partial charge on any atom is 0.337 e. The zero-order valence-corrected chi connectivity index (χ0v) is 15.5. The van der Waals surface area contributed by atoms with Gasteiger partial charge in [0.2, 0.25) is 0 Å². The van der Waals surface area contributed by atoms with Crippen LogP contribution in [0.2, 0.25) is 0 Å². The maximum atomic E-state index is 12.3. The van der Waals surface area contributed by atoms with Crippen molar-refractivity contribution in [1.82, 2.24) is 0 Å². The Kier molecular flexibility index (Phi) is 8.51. The van der Waals surface area contributed by atoms with Crippen molar-refractivity contribution in [2.24, 2.45) is 0 Å². The zero-order chi connectivity index (χ0) is 21.3. The van der Waals surface area contributed by atoms with E-state index in [1.165, 1.54) is 62.8 Å². The van der Waals surface area contributed by atoms with Crippen molar-refractivity contribution in [2.75, 3.05) is 14.2 Å². The van der Waals surface area contributed by atoms with Crippen molar-refractivity contribution in [1.29, 1.82) is 0 Å². The van der Waals surface area contributed by atoms with Crippen LogP contribution in [0.5, 0.6) is 0 Å². The average molecular weight is 388 g/mol. The van der Waals surface area contributed by atoms with E-state index in [9.17, 15) is 19.5 Å². The number of aliphatic hydroxyl groups is 1. The van der Waals surface area contributed by atoms with Crippen LogP contribution in [0.3, 0.4) is 0 Å². The van der Waals surface area contributed by atoms with Gasteiger partial charge in [-0.15, -0.1) is 0 Å². The summed E-state index contributed by atoms with van der Waals surface area (Å²) in [6.45, 7) is 1.08. The van der Waals surface area contributed by atoms with Crippen LogP contribution in [0.25, 0.3) is 0 Å². The largest absolute Gasteiger partial charge is 0.481 e. The van der Waals surface area contributed by atoms with Gasteiger partial charge in [-0.05, 0) is 29.8 Å². The number of rotatable bonds is 5. The van der Waals surface area contributed by atoms with Crippen molar-refractivity contribution in [3.8, 4) is 0 Å². The highest BCUT2D eigenvalue weighted by atomic mass is 16.5. The Bertz CT molecular complexity index is 834. The van der Waals surface area contributed by atoms with Crippen LogP contribution >= 0.6 is 0 Å². The highest BCUT2D eigenvalue weighted by Gasteiger charge is 2.20. The van der Waals surface area contributed by atoms with Gasteiger partial charge in [-0.3, -0.25) is 9.59 Å². The molecule has 0 aliphatic carbocycles. The van der Waals surface area contributed by atoms with E-state index in [1.54, 1.807) is 0 Å². The van der Waals surface area contributed by atoms with Gasteiger partial charge in [0.1, 0.15) is 6.10 Å². The molecule has 148 valence electrons. The minimum absolute atomic E-state index is 0.257. The number of carboxylic acid groups (broad SMARTS) is 1. The summed E-state index contributed by atoms with van der Waals surface area (Å²) in [5.74, 6) is -2.36. The summed E-state index contributed by atoms with van der Waals surface area (Å²) in [6.07, 6.45) is -1.37. The Morgan fingerprint density at radius 2 is 1.07 bits per heavy atom. The van der Waals surface area contributed by atoms with Gasteiger partial charge in [0, 0.05) is 12.5 Å². The molecule has 8 nitrogen and oxygen atoms in total. The van der Waals surface area contributed by atoms with Crippen LogP contribution in [-0.2, 0) is 14.3 Å². The van der Waals surface area contributed by atoms with Crippen molar-refractivity contribution < 1.29 is 38.9 Å². The molecule has 0 saturated carbocycles. The predicted octanol–water partition coefficient (Wildman–Crippen LogP) is 2.27. The smallest absolute Gasteiger partial charge is 0.337 e. The standard InChI is InChI=1S/C18H16O6.C2H4O2/c1-23-17(21)13-7-3-11(4-8-13)15(19)16(20)12-5-9-14(10-6-12)18(22)24-2;1-2(3)4/h3-10,15,19H,1-2H3;1H3,(H,3,4). The summed E-state index contributed by atoms with van der Waals surface area (Å²) in [4.78, 5) is 44.1. The van der Waals surface area contributed by atoms with Gasteiger partial charge in [0.05, 0.1) is 25.3 Å². The molecular formula is C20H20O8. The molecule has 1 unspecified atom stereocenters. The Balaban J connectivity index is 0.000000892. The molecule has 0 spiro atoms. The van der Waals surface area contributed by atoms with E-state index >= 15 is 0 Å². The second-order valence-electron chi connectivity index (χ2n) is 5.47. The fourth-order valence-electron chi connectivity index (χ4n) is 2.12. The Morgan fingerprint density at radius 3 is 1.43 bits per heavy atom. The molecule has 0 aliphatic heterocycles. The molecule has 0 bridgehead atoms. The first kappa shape index (κ1) is 22.5. The number of hydrogen-bond donors (Lipinski definition) is 2. The van der Waals surface area contributed by atoms with Gasteiger partial charge in [-0.25, -0.2) is 9.59 Å². The number of carbonyl (C=O) groups is 4. The molecule has 0 aromatic heterocycles. The van der Waals surface area contributed by atoms with Gasteiger partial charge in [-0.2, -0.15) is 0 Å². The minimum Gasteiger partial charge on any atom is -0.481 e. The van der Waals surface area contributed by atoms with Crippen LogP contribution in [0, 0.1) is 0 Å². The van der Waals surface area contributed by atoms with Gasteiger partial charge >= 0.3 is 11.9 Å². The topological polar surface area (TPSA) is 127 Å². The number of ketones is 1. The van der Waals surface area contributed by atoms with Crippen LogP contribution in [-0.4, -0.2) is 48.1 Å². The number of aliphatic hydroxyl groups excluding tert-OH is 1. The van der Waals surface area contributed by atoms with Gasteiger partial charge < -0.3 is 19.7 Å². The molecule has 8 heteroatoms. The van der Waals surface area contributed by atoms with E-state index in [1.807, 2.05) is 0 Å². The van der Waals surface area contributed by atoms with Crippen molar-refractivity contribution in [3.63, 3.8) is 0 Å². The lowest BCUT2D eigenvalue weighted by Crippen LogP contribution is -2.13. The fraction of sp³-hybridized carbons (Fsp3) is 0.200. The number of carboxylic acids is 1. The van der Waals surface area contributed by atoms with E-state index in [-0.39, 0.29) is 5.56 Å². The first-order valence-corrected chi connectivity index (χ1v) is 7.99. The highest BCUT2D eigenvalue weighted by molar-refractivity contribution is 6.01. The first-order chi connectivity index (χ1) is 13.2. The number of carbonyl (C=O) groups excluding carboxylic acids is 3. The molecule has 2 aromatic rings. The summed E-state index contributed by atoms with van der Waals surface area (Å²) < 4.78 is 9.17. The third-order valence-corrected chi connectivity index (χ3v) is 3.49. The molecule has 0 amide bonds. The van der Waals surface area contributed by atoms with Crippen molar-refractivity contribution in [2.45, 2.75) is 13.0 Å². The lowest BCUT2D eigenvalue weighted by Gasteiger charge is -2.11. The molecule has 1 atom stereocenters. The van der Waals surface area contributed by atoms with Crippen molar-refractivity contribution >= 4 is 23.7 Å². The van der Waals surface area contributed by atoms with E-state index in [4.69, 9.17) is 9.90 Å². The number of aliphatic carboxylic acids is 1. The minimum atomic E-state index is -1.37. The molecule has 2 aromatic carbocycles. The molecule has 28 heavy (non-hydrogen) atoms. The Hall–Kier alpha value is -3.52. The van der Waals surface area contributed by atoms with E-state index in [0.29, 0.717) is 16.7 Å². The number of benzene rings is 2. The summed E-state index contributed by atoms with van der Waals surface area (Å²) in [6, 6.07) is 11.7. The third kappa shape index (κ3) is 6.33. The van der Waals surface area contributed by atoms with Gasteiger partial charge in [0.25, 0.3) is 5.97 Å². The third-order valence-electron chi connectivity index (χ3n) is 3.49. The summed E-state index contributed by atoms with van der Waals surface area (Å²) in [7, 11) is 2.54. The molecule has 0 fully saturated rings. The normalized spacial score (nSPS) is 10.7. The van der Waals surface area contributed by atoms with Gasteiger partial charge in [-0.1, -0.05) is 24.3 Å². The second kappa shape index (κ2) is 10.6. The Morgan fingerprint density at radius 1 is 0.750 bits per heavy atom. The molecule has 0 heterocycles. The monoisotopic (exact) mass is 388 g/mol. The second-order valence-corrected chi connectivity index (χ2v) is 5.47. The van der Waals surface area contributed by atoms with Crippen molar-refractivity contribution in [3.05, 3.63) is 70.8 Å². The molecule has 2 N–H and O–H groups in total. The molecule has 2 rings (SSSR count). The zero-order valence-electron chi connectivity index (χ0n) is 15.5. The summed E-state index contributed by atoms with van der Waals surface area (Å²) in [5.41, 5.74) is 1.24. The number of hydrogen-bond acceptors (Lipinski definition) is 7. The number of ether oxygens (including phenoxy) is 2. The predicted molar refractivity (Wildman–Crippen MR) is 98.2 cm³/mol. The SMILES string of the molecule is CC(=O)O.COC(=O)c1ccc(C(=O)C(O)c2ccc(C(=O)OC)cc2)cc1. The lowest BCUT2D eigenvalue weighted by atomic mass is 9.98. The highest BCUT2D eigenvalue weighted by Crippen LogP contribution is 2.20. The Labute approximate surface area is 161 Å². The van der Waals surface area contributed by atoms with Crippen LogP contribution < -0.4 is 0 Å². The summed E-state index contributed by atoms with van der Waals surface area (Å²) >= 11 is 0. The lowest BCUT2D eigenvalue weighted by molar-refractivity contribution is -0.134. The molecule has 0 aliphatic rings. The molecule has 0 saturated heterocycles. The van der Waals surface area contributed by atoms with Crippen LogP contribution in [0.1, 0.15) is 49.7 Å². The number of Topliss-reactive ketones (excluding diaryl/α,β-unsaturated/α-hetero) is 1. The molecule has 0 radical (unpaired) electrons. The fourth-order valence-corrected chi connectivity index (χ4v) is 2.12. The first-order valence-electron chi connectivity index (χ1n) is 7.99. The van der Waals surface area contributed by atoms with E-state index in [0.717, 1.165) is 6.92 Å². The number of methoxy groups -OCH3 is 2. The van der Waals surface area contributed by atoms with Gasteiger partial charge in [0.15, 0.2) is 5.78 Å². The summed E-state index contributed by atoms with van der Waals surface area (Å²) in [5, 5.41) is 17.6.